The van der Waals surface area contributed by atoms with Crippen molar-refractivity contribution in [1.82, 2.24) is 0 Å². The van der Waals surface area contributed by atoms with Crippen LogP contribution in [0.5, 0.6) is 0 Å². The first kappa shape index (κ1) is 14.2. The standard InChI is InChI=1S/C14H18ClFO/c1-3-5-6-10(4-2)14(17)11-7-8-12(15)13(16)9-11/h7-10H,3-6H2,1-2H3. The van der Waals surface area contributed by atoms with E-state index in [-0.39, 0.29) is 16.7 Å². The van der Waals surface area contributed by atoms with Crippen LogP contribution in [0.25, 0.3) is 0 Å². The van der Waals surface area contributed by atoms with E-state index >= 15 is 0 Å². The Hall–Kier alpha value is -0.890. The summed E-state index contributed by atoms with van der Waals surface area (Å²) in [5, 5.41) is 0.0585. The predicted octanol–water partition coefficient (Wildman–Crippen LogP) is 4.88. The van der Waals surface area contributed by atoms with E-state index in [0.717, 1.165) is 25.7 Å². The summed E-state index contributed by atoms with van der Waals surface area (Å²) in [5.41, 5.74) is 0.426. The number of rotatable bonds is 6. The molecule has 1 aromatic carbocycles. The number of hydrogen-bond acceptors (Lipinski definition) is 1. The Kier molecular flexibility index (Phi) is 5.63. The van der Waals surface area contributed by atoms with E-state index in [1.807, 2.05) is 6.92 Å². The molecule has 0 heterocycles. The van der Waals surface area contributed by atoms with Gasteiger partial charge in [-0.2, -0.15) is 0 Å². The lowest BCUT2D eigenvalue weighted by Gasteiger charge is -2.13. The van der Waals surface area contributed by atoms with Gasteiger partial charge in [-0.3, -0.25) is 4.79 Å². The van der Waals surface area contributed by atoms with Crippen LogP contribution in [-0.2, 0) is 0 Å². The zero-order chi connectivity index (χ0) is 12.8. The van der Waals surface area contributed by atoms with Gasteiger partial charge in [-0.1, -0.05) is 38.3 Å². The van der Waals surface area contributed by atoms with Gasteiger partial charge >= 0.3 is 0 Å². The molecular weight excluding hydrogens is 239 g/mol. The number of benzene rings is 1. The highest BCUT2D eigenvalue weighted by Gasteiger charge is 2.18. The van der Waals surface area contributed by atoms with Crippen molar-refractivity contribution in [2.45, 2.75) is 39.5 Å². The molecule has 1 rings (SSSR count). The van der Waals surface area contributed by atoms with Crippen LogP contribution in [0.2, 0.25) is 5.02 Å². The van der Waals surface area contributed by atoms with Gasteiger partial charge in [0, 0.05) is 11.5 Å². The lowest BCUT2D eigenvalue weighted by molar-refractivity contribution is 0.0907. The Morgan fingerprint density at radius 3 is 2.65 bits per heavy atom. The second kappa shape index (κ2) is 6.75. The smallest absolute Gasteiger partial charge is 0.166 e. The minimum absolute atomic E-state index is 0.00414. The van der Waals surface area contributed by atoms with Gasteiger partial charge in [0.05, 0.1) is 5.02 Å². The highest BCUT2D eigenvalue weighted by molar-refractivity contribution is 6.30. The van der Waals surface area contributed by atoms with E-state index in [1.54, 1.807) is 6.07 Å². The quantitative estimate of drug-likeness (QED) is 0.663. The fourth-order valence-corrected chi connectivity index (χ4v) is 1.97. The lowest BCUT2D eigenvalue weighted by atomic mass is 9.90. The molecule has 0 bridgehead atoms. The molecule has 0 spiro atoms. The zero-order valence-electron chi connectivity index (χ0n) is 10.3. The summed E-state index contributed by atoms with van der Waals surface area (Å²) in [4.78, 5) is 12.1. The van der Waals surface area contributed by atoms with Crippen LogP contribution < -0.4 is 0 Å². The van der Waals surface area contributed by atoms with Crippen LogP contribution in [0.3, 0.4) is 0 Å². The third-order valence-electron chi connectivity index (χ3n) is 2.97. The molecule has 1 unspecified atom stereocenters. The molecule has 0 saturated carbocycles. The van der Waals surface area contributed by atoms with Crippen molar-refractivity contribution < 1.29 is 9.18 Å². The molecule has 0 aliphatic carbocycles. The monoisotopic (exact) mass is 256 g/mol. The third kappa shape index (κ3) is 3.81. The molecule has 17 heavy (non-hydrogen) atoms. The van der Waals surface area contributed by atoms with Gasteiger partial charge in [0.1, 0.15) is 5.82 Å². The number of carbonyl (C=O) groups is 1. The molecule has 0 amide bonds. The number of carbonyl (C=O) groups excluding carboxylic acids is 1. The molecule has 1 atom stereocenters. The SMILES string of the molecule is CCCCC(CC)C(=O)c1ccc(Cl)c(F)c1. The van der Waals surface area contributed by atoms with Crippen molar-refractivity contribution >= 4 is 17.4 Å². The Balaban J connectivity index is 2.82. The fraction of sp³-hybridized carbons (Fsp3) is 0.500. The highest BCUT2D eigenvalue weighted by Crippen LogP contribution is 2.22. The largest absolute Gasteiger partial charge is 0.294 e. The van der Waals surface area contributed by atoms with Crippen LogP contribution >= 0.6 is 11.6 Å². The van der Waals surface area contributed by atoms with Crippen LogP contribution in [0.1, 0.15) is 49.9 Å². The summed E-state index contributed by atoms with van der Waals surface area (Å²) >= 11 is 5.60. The summed E-state index contributed by atoms with van der Waals surface area (Å²) in [6.45, 7) is 4.09. The van der Waals surface area contributed by atoms with Crippen LogP contribution in [-0.4, -0.2) is 5.78 Å². The number of halogens is 2. The average molecular weight is 257 g/mol. The number of hydrogen-bond donors (Lipinski definition) is 0. The summed E-state index contributed by atoms with van der Waals surface area (Å²) in [7, 11) is 0. The van der Waals surface area contributed by atoms with Crippen molar-refractivity contribution in [3.05, 3.63) is 34.6 Å². The van der Waals surface area contributed by atoms with E-state index in [1.165, 1.54) is 12.1 Å². The van der Waals surface area contributed by atoms with Crippen molar-refractivity contribution in [2.75, 3.05) is 0 Å². The first-order valence-electron chi connectivity index (χ1n) is 6.09. The molecule has 94 valence electrons. The number of ketones is 1. The van der Waals surface area contributed by atoms with Crippen LogP contribution in [0.15, 0.2) is 18.2 Å². The summed E-state index contributed by atoms with van der Waals surface area (Å²) < 4.78 is 13.3. The van der Waals surface area contributed by atoms with Crippen LogP contribution in [0.4, 0.5) is 4.39 Å². The summed E-state index contributed by atoms with van der Waals surface area (Å²) in [6, 6.07) is 4.28. The summed E-state index contributed by atoms with van der Waals surface area (Å²) in [5.74, 6) is -0.505. The predicted molar refractivity (Wildman–Crippen MR) is 69.0 cm³/mol. The number of Topliss-reactive ketones (excluding diaryl/α,β-unsaturated/α-hetero) is 1. The molecular formula is C14H18ClFO. The van der Waals surface area contributed by atoms with E-state index in [2.05, 4.69) is 6.92 Å². The molecule has 3 heteroatoms. The first-order chi connectivity index (χ1) is 8.10. The maximum atomic E-state index is 13.3. The Labute approximate surface area is 107 Å². The minimum Gasteiger partial charge on any atom is -0.294 e. The molecule has 0 radical (unpaired) electrons. The van der Waals surface area contributed by atoms with Gasteiger partial charge in [0.25, 0.3) is 0 Å². The van der Waals surface area contributed by atoms with Crippen molar-refractivity contribution in [3.63, 3.8) is 0 Å². The zero-order valence-corrected chi connectivity index (χ0v) is 11.1. The molecule has 0 aromatic heterocycles. The van der Waals surface area contributed by atoms with Gasteiger partial charge in [0.15, 0.2) is 5.78 Å². The molecule has 0 saturated heterocycles. The van der Waals surface area contributed by atoms with E-state index in [4.69, 9.17) is 11.6 Å². The molecule has 1 nitrogen and oxygen atoms in total. The molecule has 1 aromatic rings. The molecule has 0 N–H and O–H groups in total. The first-order valence-corrected chi connectivity index (χ1v) is 6.47. The van der Waals surface area contributed by atoms with Crippen LogP contribution in [0, 0.1) is 11.7 Å². The van der Waals surface area contributed by atoms with Gasteiger partial charge in [-0.25, -0.2) is 4.39 Å². The number of unbranched alkanes of at least 4 members (excludes halogenated alkanes) is 1. The lowest BCUT2D eigenvalue weighted by Crippen LogP contribution is -2.14. The second-order valence-corrected chi connectivity index (χ2v) is 4.65. The van der Waals surface area contributed by atoms with Crippen molar-refractivity contribution in [1.29, 1.82) is 0 Å². The van der Waals surface area contributed by atoms with Crippen molar-refractivity contribution in [3.8, 4) is 0 Å². The summed E-state index contributed by atoms with van der Waals surface area (Å²) in [6.07, 6.45) is 3.76. The third-order valence-corrected chi connectivity index (χ3v) is 3.28. The van der Waals surface area contributed by atoms with Gasteiger partial charge < -0.3 is 0 Å². The Morgan fingerprint density at radius 2 is 2.12 bits per heavy atom. The van der Waals surface area contributed by atoms with Crippen molar-refractivity contribution in [2.24, 2.45) is 5.92 Å². The minimum atomic E-state index is -0.525. The maximum Gasteiger partial charge on any atom is 0.166 e. The van der Waals surface area contributed by atoms with Gasteiger partial charge in [-0.05, 0) is 31.0 Å². The maximum absolute atomic E-state index is 13.3. The van der Waals surface area contributed by atoms with E-state index < -0.39 is 5.82 Å². The normalized spacial score (nSPS) is 12.5. The molecule has 0 fully saturated rings. The van der Waals surface area contributed by atoms with E-state index in [9.17, 15) is 9.18 Å². The van der Waals surface area contributed by atoms with Gasteiger partial charge in [0.2, 0.25) is 0 Å². The fourth-order valence-electron chi connectivity index (χ4n) is 1.86. The molecule has 0 aliphatic rings. The van der Waals surface area contributed by atoms with E-state index in [0.29, 0.717) is 5.56 Å². The average Bonchev–Trinajstić information content (AvgIpc) is 2.33. The Bertz CT molecular complexity index is 390. The molecule has 0 aliphatic heterocycles. The second-order valence-electron chi connectivity index (χ2n) is 4.24. The highest BCUT2D eigenvalue weighted by atomic mass is 35.5. The Morgan fingerprint density at radius 1 is 1.41 bits per heavy atom. The van der Waals surface area contributed by atoms with Gasteiger partial charge in [-0.15, -0.1) is 0 Å². The topological polar surface area (TPSA) is 17.1 Å².